The molecule has 6 nitrogen and oxygen atoms in total. The molecule has 0 aliphatic heterocycles. The van der Waals surface area contributed by atoms with Gasteiger partial charge < -0.3 is 4.90 Å². The normalized spacial score (nSPS) is 10.9. The molecule has 0 bridgehead atoms. The molecule has 4 aromatic rings. The van der Waals surface area contributed by atoms with Crippen molar-refractivity contribution in [3.63, 3.8) is 0 Å². The van der Waals surface area contributed by atoms with Crippen molar-refractivity contribution in [1.29, 1.82) is 0 Å². The summed E-state index contributed by atoms with van der Waals surface area (Å²) in [5.74, 6) is -0.0770. The minimum Gasteiger partial charge on any atom is -0.327 e. The summed E-state index contributed by atoms with van der Waals surface area (Å²) in [6.45, 7) is 9.78. The monoisotopic (exact) mass is 480 g/mol. The largest absolute Gasteiger partial charge is 0.327 e. The number of hydrogen-bond donors (Lipinski definition) is 1. The van der Waals surface area contributed by atoms with Crippen molar-refractivity contribution in [1.82, 2.24) is 14.5 Å². The number of rotatable bonds is 7. The van der Waals surface area contributed by atoms with Gasteiger partial charge in [-0.05, 0) is 58.9 Å². The highest BCUT2D eigenvalue weighted by atomic mass is 16.2. The molecule has 0 spiro atoms. The molecule has 0 unspecified atom stereocenters. The Kier molecular flexibility index (Phi) is 7.34. The van der Waals surface area contributed by atoms with Gasteiger partial charge in [-0.2, -0.15) is 0 Å². The van der Waals surface area contributed by atoms with Gasteiger partial charge in [-0.25, -0.2) is 4.98 Å². The molecule has 0 radical (unpaired) electrons. The summed E-state index contributed by atoms with van der Waals surface area (Å²) in [6.07, 6.45) is 1.92. The summed E-state index contributed by atoms with van der Waals surface area (Å²) < 4.78 is 1.87. The highest BCUT2D eigenvalue weighted by Crippen LogP contribution is 2.25. The van der Waals surface area contributed by atoms with Crippen LogP contribution in [0.5, 0.6) is 0 Å². The van der Waals surface area contributed by atoms with E-state index in [1.54, 1.807) is 17.0 Å². The van der Waals surface area contributed by atoms with Crippen molar-refractivity contribution in [2.75, 3.05) is 11.9 Å². The van der Waals surface area contributed by atoms with Crippen molar-refractivity contribution >= 4 is 17.8 Å². The Morgan fingerprint density at radius 2 is 1.36 bits per heavy atom. The van der Waals surface area contributed by atoms with Crippen LogP contribution in [-0.2, 0) is 4.79 Å². The average Bonchev–Trinajstić information content (AvgIpc) is 3.27. The second-order valence-electron chi connectivity index (χ2n) is 9.46. The lowest BCUT2D eigenvalue weighted by atomic mass is 10.1. The molecule has 1 heterocycles. The smallest absolute Gasteiger partial charge is 0.254 e. The SMILES string of the molecule is Cc1ccc(C(=O)N(CC(=O)Nc2nc(-c3ccc(C)cc3)cn2-c2ccc(C)cc2)C(C)C)cc1. The van der Waals surface area contributed by atoms with Crippen LogP contribution < -0.4 is 5.32 Å². The molecule has 1 aromatic heterocycles. The number of anilines is 1. The first-order valence-electron chi connectivity index (χ1n) is 12.1. The lowest BCUT2D eigenvalue weighted by Gasteiger charge is -2.26. The Hall–Kier alpha value is -4.19. The van der Waals surface area contributed by atoms with E-state index < -0.39 is 0 Å². The summed E-state index contributed by atoms with van der Waals surface area (Å²) in [6, 6.07) is 23.4. The van der Waals surface area contributed by atoms with Crippen molar-refractivity contribution < 1.29 is 9.59 Å². The van der Waals surface area contributed by atoms with Gasteiger partial charge in [-0.15, -0.1) is 0 Å². The Bertz CT molecular complexity index is 1350. The van der Waals surface area contributed by atoms with Crippen LogP contribution in [0.4, 0.5) is 5.95 Å². The van der Waals surface area contributed by atoms with E-state index in [-0.39, 0.29) is 24.4 Å². The first-order chi connectivity index (χ1) is 17.2. The lowest BCUT2D eigenvalue weighted by molar-refractivity contribution is -0.117. The summed E-state index contributed by atoms with van der Waals surface area (Å²) in [5.41, 5.74) is 6.54. The lowest BCUT2D eigenvalue weighted by Crippen LogP contribution is -2.42. The van der Waals surface area contributed by atoms with Crippen LogP contribution in [0, 0.1) is 20.8 Å². The van der Waals surface area contributed by atoms with Crippen LogP contribution in [0.3, 0.4) is 0 Å². The summed E-state index contributed by atoms with van der Waals surface area (Å²) in [7, 11) is 0. The maximum absolute atomic E-state index is 13.2. The van der Waals surface area contributed by atoms with E-state index in [2.05, 4.69) is 5.32 Å². The number of nitrogens with one attached hydrogen (secondary N) is 1. The van der Waals surface area contributed by atoms with Gasteiger partial charge in [0.1, 0.15) is 6.54 Å². The number of carbonyl (C=O) groups is 2. The minimum atomic E-state index is -0.307. The van der Waals surface area contributed by atoms with Crippen LogP contribution in [0.1, 0.15) is 40.9 Å². The standard InChI is InChI=1S/C30H32N4O2/c1-20(2)33(29(36)25-14-8-22(4)9-15-25)19-28(35)32-30-31-27(24-12-6-21(3)7-13-24)18-34(30)26-16-10-23(5)11-17-26/h6-18,20H,19H2,1-5H3,(H,31,32,35). The summed E-state index contributed by atoms with van der Waals surface area (Å²) in [5, 5.41) is 2.95. The van der Waals surface area contributed by atoms with E-state index >= 15 is 0 Å². The zero-order chi connectivity index (χ0) is 25.8. The van der Waals surface area contributed by atoms with Crippen molar-refractivity contribution in [2.24, 2.45) is 0 Å². The molecule has 2 amide bonds. The number of hydrogen-bond acceptors (Lipinski definition) is 3. The molecule has 36 heavy (non-hydrogen) atoms. The third-order valence-electron chi connectivity index (χ3n) is 6.11. The maximum atomic E-state index is 13.2. The van der Waals surface area contributed by atoms with Gasteiger partial charge in [-0.3, -0.25) is 19.5 Å². The zero-order valence-electron chi connectivity index (χ0n) is 21.4. The first-order valence-corrected chi connectivity index (χ1v) is 12.1. The van der Waals surface area contributed by atoms with Gasteiger partial charge in [0.15, 0.2) is 0 Å². The minimum absolute atomic E-state index is 0.0784. The quantitative estimate of drug-likeness (QED) is 0.355. The summed E-state index contributed by atoms with van der Waals surface area (Å²) >= 11 is 0. The van der Waals surface area contributed by atoms with Gasteiger partial charge in [0.05, 0.1) is 5.69 Å². The molecule has 184 valence electrons. The van der Waals surface area contributed by atoms with E-state index in [9.17, 15) is 9.59 Å². The molecule has 0 saturated heterocycles. The van der Waals surface area contributed by atoms with E-state index in [1.165, 1.54) is 0 Å². The fourth-order valence-corrected chi connectivity index (χ4v) is 3.90. The van der Waals surface area contributed by atoms with Gasteiger partial charge in [-0.1, -0.05) is 65.2 Å². The molecule has 0 aliphatic rings. The van der Waals surface area contributed by atoms with E-state index in [0.29, 0.717) is 11.5 Å². The van der Waals surface area contributed by atoms with Crippen LogP contribution >= 0.6 is 0 Å². The second-order valence-corrected chi connectivity index (χ2v) is 9.46. The van der Waals surface area contributed by atoms with E-state index in [1.807, 2.05) is 106 Å². The van der Waals surface area contributed by atoms with Gasteiger partial charge >= 0.3 is 0 Å². The topological polar surface area (TPSA) is 67.2 Å². The number of aryl methyl sites for hydroxylation is 3. The fourth-order valence-electron chi connectivity index (χ4n) is 3.90. The van der Waals surface area contributed by atoms with Crippen molar-refractivity contribution in [2.45, 2.75) is 40.7 Å². The number of imidazole rings is 1. The number of nitrogens with zero attached hydrogens (tertiary/aromatic N) is 3. The zero-order valence-corrected chi connectivity index (χ0v) is 21.4. The molecule has 0 fully saturated rings. The van der Waals surface area contributed by atoms with Crippen LogP contribution in [0.15, 0.2) is 79.0 Å². The average molecular weight is 481 g/mol. The van der Waals surface area contributed by atoms with Crippen LogP contribution in [0.25, 0.3) is 16.9 Å². The summed E-state index contributed by atoms with van der Waals surface area (Å²) in [4.78, 5) is 32.6. The number of amides is 2. The maximum Gasteiger partial charge on any atom is 0.254 e. The predicted octanol–water partition coefficient (Wildman–Crippen LogP) is 5.95. The number of benzene rings is 3. The van der Waals surface area contributed by atoms with Gasteiger partial charge in [0.25, 0.3) is 5.91 Å². The Morgan fingerprint density at radius 3 is 1.92 bits per heavy atom. The van der Waals surface area contributed by atoms with Crippen LogP contribution in [0.2, 0.25) is 0 Å². The molecule has 6 heteroatoms. The fraction of sp³-hybridized carbons (Fsp3) is 0.233. The Morgan fingerprint density at radius 1 is 0.833 bits per heavy atom. The Balaban J connectivity index is 1.61. The van der Waals surface area contributed by atoms with E-state index in [4.69, 9.17) is 4.98 Å². The van der Waals surface area contributed by atoms with Crippen LogP contribution in [-0.4, -0.2) is 38.9 Å². The molecule has 0 saturated carbocycles. The molecule has 3 aromatic carbocycles. The molecular weight excluding hydrogens is 448 g/mol. The molecular formula is C30H32N4O2. The van der Waals surface area contributed by atoms with Crippen molar-refractivity contribution in [3.8, 4) is 16.9 Å². The van der Waals surface area contributed by atoms with E-state index in [0.717, 1.165) is 33.6 Å². The molecule has 0 atom stereocenters. The highest BCUT2D eigenvalue weighted by Gasteiger charge is 2.23. The molecule has 1 N–H and O–H groups in total. The Labute approximate surface area is 212 Å². The number of aromatic nitrogens is 2. The second kappa shape index (κ2) is 10.6. The third kappa shape index (κ3) is 5.71. The third-order valence-corrected chi connectivity index (χ3v) is 6.11. The van der Waals surface area contributed by atoms with Crippen molar-refractivity contribution in [3.05, 3.63) is 101 Å². The molecule has 4 rings (SSSR count). The first kappa shape index (κ1) is 24.9. The van der Waals surface area contributed by atoms with Gasteiger partial charge in [0.2, 0.25) is 11.9 Å². The highest BCUT2D eigenvalue weighted by molar-refractivity contribution is 5.99. The molecule has 0 aliphatic carbocycles. The van der Waals surface area contributed by atoms with Gasteiger partial charge in [0, 0.05) is 29.1 Å². The number of carbonyl (C=O) groups excluding carboxylic acids is 2. The predicted molar refractivity (Wildman–Crippen MR) is 144 cm³/mol.